The smallest absolute Gasteiger partial charge is 0.229 e. The zero-order chi connectivity index (χ0) is 16.9. The molecule has 0 radical (unpaired) electrons. The molecule has 0 spiro atoms. The van der Waals surface area contributed by atoms with Crippen LogP contribution in [0.15, 0.2) is 65.3 Å². The molecule has 0 saturated carbocycles. The van der Waals surface area contributed by atoms with Gasteiger partial charge >= 0.3 is 0 Å². The van der Waals surface area contributed by atoms with Gasteiger partial charge in [0.2, 0.25) is 5.95 Å². The molecule has 120 valence electrons. The molecule has 0 amide bonds. The monoisotopic (exact) mass is 382 g/mol. The van der Waals surface area contributed by atoms with Gasteiger partial charge in [0.25, 0.3) is 0 Å². The molecule has 5 nitrogen and oxygen atoms in total. The van der Waals surface area contributed by atoms with Crippen molar-refractivity contribution in [3.63, 3.8) is 0 Å². The molecule has 0 fully saturated rings. The summed E-state index contributed by atoms with van der Waals surface area (Å²) in [4.78, 5) is 20.1. The molecule has 0 aliphatic carbocycles. The van der Waals surface area contributed by atoms with Gasteiger partial charge < -0.3 is 10.6 Å². The second kappa shape index (κ2) is 7.23. The fraction of sp³-hybridized carbons (Fsp3) is 0.0556. The molecule has 1 heterocycles. The van der Waals surface area contributed by atoms with E-state index in [1.165, 1.54) is 0 Å². The number of halogens is 1. The highest BCUT2D eigenvalue weighted by Crippen LogP contribution is 2.20. The van der Waals surface area contributed by atoms with E-state index in [9.17, 15) is 4.79 Å². The Bertz CT molecular complexity index is 865. The summed E-state index contributed by atoms with van der Waals surface area (Å²) in [5.41, 5.74) is 2.34. The Morgan fingerprint density at radius 1 is 1.00 bits per heavy atom. The van der Waals surface area contributed by atoms with Gasteiger partial charge in [0.15, 0.2) is 5.78 Å². The summed E-state index contributed by atoms with van der Waals surface area (Å²) in [7, 11) is 0. The van der Waals surface area contributed by atoms with Crippen LogP contribution in [0.25, 0.3) is 0 Å². The van der Waals surface area contributed by atoms with Gasteiger partial charge in [-0.2, -0.15) is 4.98 Å². The average molecular weight is 383 g/mol. The molecule has 6 heteroatoms. The number of Topliss-reactive ketones (excluding diaryl/α,β-unsaturated/α-hetero) is 1. The minimum absolute atomic E-state index is 0.0187. The van der Waals surface area contributed by atoms with Crippen molar-refractivity contribution in [2.45, 2.75) is 6.92 Å². The van der Waals surface area contributed by atoms with Crippen molar-refractivity contribution < 1.29 is 4.79 Å². The maximum Gasteiger partial charge on any atom is 0.229 e. The topological polar surface area (TPSA) is 66.9 Å². The summed E-state index contributed by atoms with van der Waals surface area (Å²) >= 11 is 3.41. The van der Waals surface area contributed by atoms with E-state index in [2.05, 4.69) is 36.5 Å². The van der Waals surface area contributed by atoms with Gasteiger partial charge in [-0.1, -0.05) is 28.1 Å². The average Bonchev–Trinajstić information content (AvgIpc) is 2.57. The van der Waals surface area contributed by atoms with Crippen LogP contribution in [-0.4, -0.2) is 15.8 Å². The first-order chi connectivity index (χ1) is 11.6. The molecular weight excluding hydrogens is 368 g/mol. The van der Waals surface area contributed by atoms with Crippen LogP contribution in [0.3, 0.4) is 0 Å². The van der Waals surface area contributed by atoms with Gasteiger partial charge in [-0.25, -0.2) is 4.98 Å². The van der Waals surface area contributed by atoms with E-state index >= 15 is 0 Å². The molecule has 24 heavy (non-hydrogen) atoms. The van der Waals surface area contributed by atoms with Gasteiger partial charge in [-0.05, 0) is 49.4 Å². The third-order valence-electron chi connectivity index (χ3n) is 3.30. The van der Waals surface area contributed by atoms with E-state index in [0.29, 0.717) is 17.3 Å². The first kappa shape index (κ1) is 16.1. The standard InChI is InChI=1S/C18H15BrN4O/c1-12(24)13-3-2-4-16(11-13)22-18-20-10-9-17(23-18)21-15-7-5-14(19)6-8-15/h2-11H,1H3,(H2,20,21,22,23). The number of benzene rings is 2. The van der Waals surface area contributed by atoms with Crippen molar-refractivity contribution in [2.75, 3.05) is 10.6 Å². The summed E-state index contributed by atoms with van der Waals surface area (Å²) in [5.74, 6) is 1.15. The van der Waals surface area contributed by atoms with Gasteiger partial charge in [-0.3, -0.25) is 4.79 Å². The van der Waals surface area contributed by atoms with Crippen LogP contribution in [0.2, 0.25) is 0 Å². The first-order valence-corrected chi connectivity index (χ1v) is 8.13. The zero-order valence-corrected chi connectivity index (χ0v) is 14.5. The highest BCUT2D eigenvalue weighted by Gasteiger charge is 2.04. The lowest BCUT2D eigenvalue weighted by molar-refractivity contribution is 0.101. The molecule has 3 rings (SSSR count). The molecule has 2 aromatic carbocycles. The van der Waals surface area contributed by atoms with Crippen molar-refractivity contribution in [2.24, 2.45) is 0 Å². The Balaban J connectivity index is 1.76. The van der Waals surface area contributed by atoms with Gasteiger partial charge in [0, 0.05) is 27.6 Å². The van der Waals surface area contributed by atoms with Crippen molar-refractivity contribution >= 4 is 44.9 Å². The fourth-order valence-electron chi connectivity index (χ4n) is 2.11. The third kappa shape index (κ3) is 4.17. The van der Waals surface area contributed by atoms with Crippen LogP contribution in [0, 0.1) is 0 Å². The molecule has 0 saturated heterocycles. The number of anilines is 4. The Kier molecular flexibility index (Phi) is 4.86. The Hall–Kier alpha value is -2.73. The molecule has 0 aliphatic rings. The number of carbonyl (C=O) groups is 1. The van der Waals surface area contributed by atoms with Crippen LogP contribution < -0.4 is 10.6 Å². The Morgan fingerprint density at radius 2 is 1.79 bits per heavy atom. The molecule has 0 bridgehead atoms. The molecular formula is C18H15BrN4O. The minimum Gasteiger partial charge on any atom is -0.340 e. The lowest BCUT2D eigenvalue weighted by Gasteiger charge is -2.09. The van der Waals surface area contributed by atoms with Gasteiger partial charge in [-0.15, -0.1) is 0 Å². The maximum atomic E-state index is 11.5. The molecule has 2 N–H and O–H groups in total. The second-order valence-corrected chi connectivity index (χ2v) is 6.08. The number of hydrogen-bond donors (Lipinski definition) is 2. The Morgan fingerprint density at radius 3 is 2.54 bits per heavy atom. The number of ketones is 1. The number of nitrogens with one attached hydrogen (secondary N) is 2. The van der Waals surface area contributed by atoms with Crippen molar-refractivity contribution in [3.8, 4) is 0 Å². The maximum absolute atomic E-state index is 11.5. The molecule has 0 aliphatic heterocycles. The van der Waals surface area contributed by atoms with E-state index < -0.39 is 0 Å². The molecule has 1 aromatic heterocycles. The fourth-order valence-corrected chi connectivity index (χ4v) is 2.38. The Labute approximate surface area is 148 Å². The number of hydrogen-bond acceptors (Lipinski definition) is 5. The summed E-state index contributed by atoms with van der Waals surface area (Å²) in [5, 5.41) is 6.33. The summed E-state index contributed by atoms with van der Waals surface area (Å²) in [6.07, 6.45) is 1.67. The van der Waals surface area contributed by atoms with Gasteiger partial charge in [0.05, 0.1) is 0 Å². The predicted molar refractivity (Wildman–Crippen MR) is 99.2 cm³/mol. The van der Waals surface area contributed by atoms with Gasteiger partial charge in [0.1, 0.15) is 5.82 Å². The van der Waals surface area contributed by atoms with Crippen LogP contribution in [0.4, 0.5) is 23.1 Å². The number of nitrogens with zero attached hydrogens (tertiary/aromatic N) is 2. The lowest BCUT2D eigenvalue weighted by atomic mass is 10.1. The second-order valence-electron chi connectivity index (χ2n) is 5.16. The van der Waals surface area contributed by atoms with E-state index in [1.54, 1.807) is 31.3 Å². The largest absolute Gasteiger partial charge is 0.340 e. The SMILES string of the molecule is CC(=O)c1cccc(Nc2nccc(Nc3ccc(Br)cc3)n2)c1. The van der Waals surface area contributed by atoms with E-state index in [0.717, 1.165) is 15.8 Å². The van der Waals surface area contributed by atoms with E-state index in [1.807, 2.05) is 36.4 Å². The summed E-state index contributed by atoms with van der Waals surface area (Å²) in [6.45, 7) is 1.54. The first-order valence-electron chi connectivity index (χ1n) is 7.34. The minimum atomic E-state index is 0.0187. The summed E-state index contributed by atoms with van der Waals surface area (Å²) < 4.78 is 1.02. The van der Waals surface area contributed by atoms with Crippen molar-refractivity contribution in [1.29, 1.82) is 0 Å². The summed E-state index contributed by atoms with van der Waals surface area (Å²) in [6, 6.07) is 16.9. The van der Waals surface area contributed by atoms with Crippen LogP contribution in [0.5, 0.6) is 0 Å². The zero-order valence-electron chi connectivity index (χ0n) is 13.0. The molecule has 0 unspecified atom stereocenters. The van der Waals surface area contributed by atoms with Crippen molar-refractivity contribution in [3.05, 3.63) is 70.8 Å². The third-order valence-corrected chi connectivity index (χ3v) is 3.83. The number of carbonyl (C=O) groups excluding carboxylic acids is 1. The van der Waals surface area contributed by atoms with E-state index in [-0.39, 0.29) is 5.78 Å². The van der Waals surface area contributed by atoms with Crippen molar-refractivity contribution in [1.82, 2.24) is 9.97 Å². The molecule has 3 aromatic rings. The van der Waals surface area contributed by atoms with E-state index in [4.69, 9.17) is 0 Å². The number of rotatable bonds is 5. The van der Waals surface area contributed by atoms with Crippen LogP contribution in [-0.2, 0) is 0 Å². The predicted octanol–water partition coefficient (Wildman–Crippen LogP) is 4.93. The highest BCUT2D eigenvalue weighted by molar-refractivity contribution is 9.10. The van der Waals surface area contributed by atoms with Crippen LogP contribution >= 0.6 is 15.9 Å². The lowest BCUT2D eigenvalue weighted by Crippen LogP contribution is -2.01. The molecule has 0 atom stereocenters. The quantitative estimate of drug-likeness (QED) is 0.612. The normalized spacial score (nSPS) is 10.2. The highest BCUT2D eigenvalue weighted by atomic mass is 79.9. The number of aromatic nitrogens is 2. The van der Waals surface area contributed by atoms with Crippen LogP contribution in [0.1, 0.15) is 17.3 Å².